The number of aromatic nitrogens is 3. The molecule has 1 fully saturated rings. The number of rotatable bonds is 6. The maximum Gasteiger partial charge on any atom is 0.258 e. The van der Waals surface area contributed by atoms with Gasteiger partial charge in [-0.15, -0.1) is 12.4 Å². The van der Waals surface area contributed by atoms with Crippen LogP contribution in [0.1, 0.15) is 12.0 Å². The third-order valence-electron chi connectivity index (χ3n) is 5.64. The first kappa shape index (κ1) is 22.1. The van der Waals surface area contributed by atoms with Gasteiger partial charge < -0.3 is 15.2 Å². The molecule has 166 valence electrons. The molecular weight excluding hydrogens is 428 g/mol. The highest BCUT2D eigenvalue weighted by Crippen LogP contribution is 2.20. The lowest BCUT2D eigenvalue weighted by molar-refractivity contribution is 0.192. The summed E-state index contributed by atoms with van der Waals surface area (Å²) < 4.78 is 9.30. The maximum absolute atomic E-state index is 12.7. The van der Waals surface area contributed by atoms with Crippen LogP contribution in [0.2, 0.25) is 0 Å². The van der Waals surface area contributed by atoms with Crippen LogP contribution >= 0.6 is 12.4 Å². The number of nitrogens with zero attached hydrogens (tertiary/aromatic N) is 3. The van der Waals surface area contributed by atoms with Crippen molar-refractivity contribution in [3.8, 4) is 11.4 Å². The second-order valence-corrected chi connectivity index (χ2v) is 7.91. The number of β-amino-alcohol motifs (C(OH)–C–C–N with tert-alkyl or cyclic N) is 1. The Morgan fingerprint density at radius 2 is 1.97 bits per heavy atom. The molecule has 0 bridgehead atoms. The number of benzene rings is 2. The molecule has 3 heterocycles. The molecule has 0 aliphatic carbocycles. The van der Waals surface area contributed by atoms with Crippen LogP contribution in [-0.4, -0.2) is 38.1 Å². The van der Waals surface area contributed by atoms with E-state index in [2.05, 4.69) is 10.4 Å². The minimum Gasteiger partial charge on any atom is -0.489 e. The van der Waals surface area contributed by atoms with E-state index >= 15 is 0 Å². The normalized spacial score (nSPS) is 17.9. The minimum absolute atomic E-state index is 0. The second kappa shape index (κ2) is 9.56. The van der Waals surface area contributed by atoms with E-state index in [0.717, 1.165) is 28.6 Å². The Labute approximate surface area is 191 Å². The zero-order valence-electron chi connectivity index (χ0n) is 17.4. The average Bonchev–Trinajstić information content (AvgIpc) is 3.38. The summed E-state index contributed by atoms with van der Waals surface area (Å²) in [6, 6.07) is 19.2. The molecular formula is C24H25ClN4O3. The molecule has 7 nitrogen and oxygen atoms in total. The highest BCUT2D eigenvalue weighted by molar-refractivity contribution is 5.85. The Hall–Kier alpha value is -3.13. The molecule has 1 aliphatic rings. The van der Waals surface area contributed by atoms with Crippen LogP contribution in [0.4, 0.5) is 0 Å². The summed E-state index contributed by atoms with van der Waals surface area (Å²) in [4.78, 5) is 12.7. The predicted octanol–water partition coefficient (Wildman–Crippen LogP) is 2.91. The van der Waals surface area contributed by atoms with Crippen molar-refractivity contribution in [1.29, 1.82) is 0 Å². The zero-order chi connectivity index (χ0) is 21.2. The van der Waals surface area contributed by atoms with Crippen LogP contribution in [0.25, 0.3) is 16.6 Å². The smallest absolute Gasteiger partial charge is 0.258 e. The van der Waals surface area contributed by atoms with Crippen molar-refractivity contribution in [2.45, 2.75) is 31.7 Å². The lowest BCUT2D eigenvalue weighted by atomic mass is 10.2. The summed E-state index contributed by atoms with van der Waals surface area (Å²) in [5.41, 5.74) is 2.68. The lowest BCUT2D eigenvalue weighted by Crippen LogP contribution is -2.27. The van der Waals surface area contributed by atoms with E-state index in [1.165, 1.54) is 6.07 Å². The number of ether oxygens (including phenoxy) is 1. The highest BCUT2D eigenvalue weighted by atomic mass is 35.5. The third kappa shape index (κ3) is 4.70. The fraction of sp³-hybridized carbons (Fsp3) is 0.250. The van der Waals surface area contributed by atoms with Gasteiger partial charge in [0.25, 0.3) is 5.56 Å². The zero-order valence-corrected chi connectivity index (χ0v) is 18.2. The average molecular weight is 453 g/mol. The van der Waals surface area contributed by atoms with Crippen molar-refractivity contribution in [3.63, 3.8) is 0 Å². The van der Waals surface area contributed by atoms with E-state index in [-0.39, 0.29) is 30.1 Å². The number of pyridine rings is 1. The van der Waals surface area contributed by atoms with Gasteiger partial charge in [-0.3, -0.25) is 14.0 Å². The molecule has 0 saturated carbocycles. The van der Waals surface area contributed by atoms with E-state index in [4.69, 9.17) is 4.74 Å². The van der Waals surface area contributed by atoms with Gasteiger partial charge in [-0.2, -0.15) is 5.10 Å². The first-order valence-corrected chi connectivity index (χ1v) is 10.4. The minimum atomic E-state index is -0.287. The number of halogens is 1. The number of nitrogens with one attached hydrogen (secondary N) is 1. The van der Waals surface area contributed by atoms with E-state index in [1.54, 1.807) is 16.8 Å². The van der Waals surface area contributed by atoms with Crippen molar-refractivity contribution >= 4 is 23.3 Å². The maximum atomic E-state index is 12.7. The predicted molar refractivity (Wildman–Crippen MR) is 126 cm³/mol. The molecule has 2 aromatic carbocycles. The number of fused-ring (bicyclic) bond motifs is 1. The van der Waals surface area contributed by atoms with Crippen LogP contribution in [0.15, 0.2) is 77.9 Å². The standard InChI is InChI=1S/C24H24N4O3.ClH/c29-21-11-19(25-14-21)15-28-23-7-6-20(10-18(23)13-26-28)27-9-8-22(12-24(27)30)31-16-17-4-2-1-3-5-17;/h1-10,12-13,19,21,25,29H,11,14-16H2;1H/t19?,21-;/m1./s1. The van der Waals surface area contributed by atoms with Crippen LogP contribution < -0.4 is 15.6 Å². The molecule has 0 amide bonds. The Balaban J connectivity index is 0.00000245. The molecule has 32 heavy (non-hydrogen) atoms. The van der Waals surface area contributed by atoms with Gasteiger partial charge in [-0.1, -0.05) is 30.3 Å². The topological polar surface area (TPSA) is 81.3 Å². The Bertz CT molecular complexity index is 1260. The van der Waals surface area contributed by atoms with Gasteiger partial charge in [0.15, 0.2) is 0 Å². The SMILES string of the molecule is Cl.O=c1cc(OCc2ccccc2)ccn1-c1ccc2c(cnn2CC2C[C@@H](O)CN2)c1. The first-order chi connectivity index (χ1) is 15.2. The van der Waals surface area contributed by atoms with Gasteiger partial charge in [-0.05, 0) is 36.2 Å². The number of aliphatic hydroxyl groups is 1. The van der Waals surface area contributed by atoms with Gasteiger partial charge in [0.2, 0.25) is 0 Å². The summed E-state index contributed by atoms with van der Waals surface area (Å²) in [7, 11) is 0. The van der Waals surface area contributed by atoms with Crippen LogP contribution in [0.3, 0.4) is 0 Å². The van der Waals surface area contributed by atoms with Crippen LogP contribution in [0, 0.1) is 0 Å². The Morgan fingerprint density at radius 1 is 1.12 bits per heavy atom. The molecule has 8 heteroatoms. The highest BCUT2D eigenvalue weighted by Gasteiger charge is 2.23. The molecule has 1 unspecified atom stereocenters. The fourth-order valence-electron chi connectivity index (χ4n) is 4.02. The van der Waals surface area contributed by atoms with E-state index in [0.29, 0.717) is 25.4 Å². The van der Waals surface area contributed by atoms with Gasteiger partial charge >= 0.3 is 0 Å². The summed E-state index contributed by atoms with van der Waals surface area (Å²) in [6.45, 7) is 1.75. The largest absolute Gasteiger partial charge is 0.489 e. The van der Waals surface area contributed by atoms with E-state index in [9.17, 15) is 9.90 Å². The molecule has 0 spiro atoms. The summed E-state index contributed by atoms with van der Waals surface area (Å²) >= 11 is 0. The quantitative estimate of drug-likeness (QED) is 0.470. The van der Waals surface area contributed by atoms with Gasteiger partial charge in [0.1, 0.15) is 12.4 Å². The molecule has 1 saturated heterocycles. The van der Waals surface area contributed by atoms with Crippen molar-refractivity contribution in [2.75, 3.05) is 6.54 Å². The van der Waals surface area contributed by atoms with Crippen molar-refractivity contribution < 1.29 is 9.84 Å². The van der Waals surface area contributed by atoms with Crippen LogP contribution in [-0.2, 0) is 13.2 Å². The monoisotopic (exact) mass is 452 g/mol. The third-order valence-corrected chi connectivity index (χ3v) is 5.64. The van der Waals surface area contributed by atoms with Crippen molar-refractivity contribution in [1.82, 2.24) is 19.7 Å². The molecule has 2 N–H and O–H groups in total. The number of hydrogen-bond acceptors (Lipinski definition) is 5. The van der Waals surface area contributed by atoms with E-state index in [1.807, 2.05) is 59.4 Å². The fourth-order valence-corrected chi connectivity index (χ4v) is 4.02. The van der Waals surface area contributed by atoms with Crippen molar-refractivity contribution in [3.05, 3.63) is 89.0 Å². The van der Waals surface area contributed by atoms with Gasteiger partial charge in [-0.25, -0.2) is 0 Å². The number of hydrogen-bond donors (Lipinski definition) is 2. The Morgan fingerprint density at radius 3 is 2.72 bits per heavy atom. The summed E-state index contributed by atoms with van der Waals surface area (Å²) in [5.74, 6) is 0.547. The van der Waals surface area contributed by atoms with Crippen LogP contribution in [0.5, 0.6) is 5.75 Å². The molecule has 4 aromatic rings. The lowest BCUT2D eigenvalue weighted by Gasteiger charge is -2.12. The van der Waals surface area contributed by atoms with E-state index < -0.39 is 0 Å². The summed E-state index contributed by atoms with van der Waals surface area (Å²) in [6.07, 6.45) is 3.99. The molecule has 2 aromatic heterocycles. The summed E-state index contributed by atoms with van der Waals surface area (Å²) in [5, 5.41) is 18.5. The van der Waals surface area contributed by atoms with Gasteiger partial charge in [0, 0.05) is 35.9 Å². The molecule has 5 rings (SSSR count). The Kier molecular flexibility index (Phi) is 6.60. The molecule has 1 aliphatic heterocycles. The molecule has 0 radical (unpaired) electrons. The second-order valence-electron chi connectivity index (χ2n) is 7.91. The van der Waals surface area contributed by atoms with Gasteiger partial charge in [0.05, 0.1) is 24.4 Å². The number of aliphatic hydroxyl groups excluding tert-OH is 1. The molecule has 2 atom stereocenters. The van der Waals surface area contributed by atoms with Crippen molar-refractivity contribution in [2.24, 2.45) is 0 Å². The first-order valence-electron chi connectivity index (χ1n) is 10.4.